The Morgan fingerprint density at radius 3 is 1.10 bits per heavy atom. The SMILES string of the molecule is CO/N=C\[C@@H](F)[C@H](OC(=O)c1ccc(CO)cc1)[C@@H](C)COC(=O)c1ccc(CO)cc1.C[C@@H](COC(=O)c1ccc(CO)cc1)[C@@H](OC(=O)c1ccc(CO)cc1)[C@H](F)C=O. The number of nitrogens with zero attached hydrogens (tertiary/aromatic N) is 1. The Morgan fingerprint density at radius 2 is 0.823 bits per heavy atom. The summed E-state index contributed by atoms with van der Waals surface area (Å²) in [5.41, 5.74) is 3.29. The molecule has 0 aliphatic rings. The van der Waals surface area contributed by atoms with E-state index in [1.807, 2.05) is 0 Å². The second kappa shape index (κ2) is 26.0. The van der Waals surface area contributed by atoms with E-state index in [2.05, 4.69) is 9.99 Å². The Bertz CT molecular complexity index is 2050. The molecule has 0 aromatic heterocycles. The summed E-state index contributed by atoms with van der Waals surface area (Å²) in [4.78, 5) is 64.7. The lowest BCUT2D eigenvalue weighted by Crippen LogP contribution is -2.37. The number of hydrogen-bond acceptors (Lipinski definition) is 15. The molecule has 62 heavy (non-hydrogen) atoms. The molecule has 0 saturated carbocycles. The number of aldehydes is 1. The molecule has 4 aromatic carbocycles. The lowest BCUT2D eigenvalue weighted by atomic mass is 10.0. The standard InChI is InChI=1S/C23H26FNO7.C22H23FO7/c1-15(14-31-22(28)18-7-3-16(12-26)4-8-18)21(20(24)11-25-30-2)32-23(29)19-9-5-17(13-27)6-10-19;1-14(13-29-21(27)17-6-2-15(10-24)3-7-17)20(19(23)12-26)30-22(28)18-8-4-16(11-25)5-9-18/h3-11,15,20-21,26-27H,12-14H2,1-2H3;2-9,12,14,19-20,24-25H,10-11,13H2,1H3/b25-11-;/t15-,20+,21+;14-,19+,20+/m00/s1. The van der Waals surface area contributed by atoms with Gasteiger partial charge in [-0.25, -0.2) is 28.0 Å². The van der Waals surface area contributed by atoms with Crippen LogP contribution < -0.4 is 0 Å². The van der Waals surface area contributed by atoms with Gasteiger partial charge in [0.25, 0.3) is 0 Å². The Kier molecular flexibility index (Phi) is 21.0. The van der Waals surface area contributed by atoms with E-state index in [0.29, 0.717) is 22.3 Å². The molecule has 0 aliphatic carbocycles. The first-order valence-electron chi connectivity index (χ1n) is 19.1. The Hall–Kier alpha value is -6.40. The summed E-state index contributed by atoms with van der Waals surface area (Å²) in [7, 11) is 1.25. The number of ether oxygens (including phenoxy) is 4. The Labute approximate surface area is 356 Å². The predicted octanol–water partition coefficient (Wildman–Crippen LogP) is 4.89. The molecule has 0 unspecified atom stereocenters. The molecule has 0 bridgehead atoms. The molecule has 6 atom stereocenters. The van der Waals surface area contributed by atoms with Crippen molar-refractivity contribution in [1.29, 1.82) is 0 Å². The van der Waals surface area contributed by atoms with E-state index in [1.165, 1.54) is 74.7 Å². The maximum absolute atomic E-state index is 14.7. The van der Waals surface area contributed by atoms with Gasteiger partial charge in [-0.05, 0) is 70.8 Å². The molecule has 0 spiro atoms. The molecular formula is C45H49F2NO14. The van der Waals surface area contributed by atoms with Gasteiger partial charge in [-0.3, -0.25) is 4.79 Å². The average Bonchev–Trinajstić information content (AvgIpc) is 3.32. The summed E-state index contributed by atoms with van der Waals surface area (Å²) in [6, 6.07) is 24.2. The molecule has 4 aromatic rings. The first-order valence-corrected chi connectivity index (χ1v) is 19.1. The minimum Gasteiger partial charge on any atom is -0.462 e. The normalized spacial score (nSPS) is 13.8. The molecule has 0 heterocycles. The van der Waals surface area contributed by atoms with Gasteiger partial charge >= 0.3 is 23.9 Å². The van der Waals surface area contributed by atoms with Gasteiger partial charge in [0.05, 0.1) is 68.1 Å². The highest BCUT2D eigenvalue weighted by atomic mass is 19.1. The van der Waals surface area contributed by atoms with Gasteiger partial charge in [0.2, 0.25) is 0 Å². The molecule has 0 amide bonds. The van der Waals surface area contributed by atoms with Crippen molar-refractivity contribution in [2.75, 3.05) is 20.3 Å². The van der Waals surface area contributed by atoms with Crippen LogP contribution in [0.3, 0.4) is 0 Å². The van der Waals surface area contributed by atoms with Crippen LogP contribution in [0.1, 0.15) is 77.5 Å². The summed E-state index contributed by atoms with van der Waals surface area (Å²) in [6.07, 6.45) is -5.77. The number of benzene rings is 4. The first-order chi connectivity index (χ1) is 29.8. The fourth-order valence-electron chi connectivity index (χ4n) is 5.41. The van der Waals surface area contributed by atoms with Crippen LogP contribution >= 0.6 is 0 Å². The van der Waals surface area contributed by atoms with Crippen LogP contribution in [-0.4, -0.2) is 102 Å². The second-order valence-electron chi connectivity index (χ2n) is 13.8. The summed E-state index contributed by atoms with van der Waals surface area (Å²) >= 11 is 0. The number of esters is 4. The molecule has 0 aliphatic heterocycles. The van der Waals surface area contributed by atoms with Crippen molar-refractivity contribution in [3.05, 3.63) is 142 Å². The highest BCUT2D eigenvalue weighted by Crippen LogP contribution is 2.20. The van der Waals surface area contributed by atoms with Crippen LogP contribution in [0.2, 0.25) is 0 Å². The quantitative estimate of drug-likeness (QED) is 0.0288. The monoisotopic (exact) mass is 865 g/mol. The number of hydrogen-bond donors (Lipinski definition) is 4. The van der Waals surface area contributed by atoms with E-state index >= 15 is 0 Å². The third-order valence-electron chi connectivity index (χ3n) is 9.12. The van der Waals surface area contributed by atoms with Crippen molar-refractivity contribution in [3.63, 3.8) is 0 Å². The molecule has 0 saturated heterocycles. The highest BCUT2D eigenvalue weighted by Gasteiger charge is 2.33. The van der Waals surface area contributed by atoms with Gasteiger partial charge < -0.3 is 44.2 Å². The van der Waals surface area contributed by atoms with Crippen LogP contribution in [0.25, 0.3) is 0 Å². The van der Waals surface area contributed by atoms with Crippen molar-refractivity contribution in [1.82, 2.24) is 0 Å². The summed E-state index contributed by atoms with van der Waals surface area (Å²) < 4.78 is 49.8. The molecule has 0 radical (unpaired) electrons. The highest BCUT2D eigenvalue weighted by molar-refractivity contribution is 5.91. The zero-order valence-electron chi connectivity index (χ0n) is 34.2. The predicted molar refractivity (Wildman–Crippen MR) is 218 cm³/mol. The van der Waals surface area contributed by atoms with E-state index < -0.39 is 60.3 Å². The van der Waals surface area contributed by atoms with Crippen molar-refractivity contribution in [2.45, 2.75) is 64.8 Å². The summed E-state index contributed by atoms with van der Waals surface area (Å²) in [6.45, 7) is 1.88. The number of aliphatic hydroxyl groups excluding tert-OH is 4. The van der Waals surface area contributed by atoms with Crippen molar-refractivity contribution in [3.8, 4) is 0 Å². The smallest absolute Gasteiger partial charge is 0.338 e. The van der Waals surface area contributed by atoms with Crippen LogP contribution in [0, 0.1) is 11.8 Å². The zero-order chi connectivity index (χ0) is 45.6. The number of alkyl halides is 2. The fraction of sp³-hybridized carbons (Fsp3) is 0.333. The molecule has 0 fully saturated rings. The maximum atomic E-state index is 14.7. The van der Waals surface area contributed by atoms with Crippen molar-refractivity contribution >= 4 is 36.4 Å². The second-order valence-corrected chi connectivity index (χ2v) is 13.8. The minimum absolute atomic E-state index is 0.0265. The number of aliphatic hydroxyl groups is 4. The van der Waals surface area contributed by atoms with Crippen LogP contribution in [-0.2, 0) is 55.0 Å². The number of halogens is 2. The number of oxime groups is 1. The molecular weight excluding hydrogens is 816 g/mol. The first kappa shape index (κ1) is 50.0. The molecule has 17 heteroatoms. The third kappa shape index (κ3) is 15.6. The topological polar surface area (TPSA) is 225 Å². The average molecular weight is 866 g/mol. The molecule has 4 rings (SSSR count). The van der Waals surface area contributed by atoms with E-state index in [1.54, 1.807) is 43.3 Å². The number of carbonyl (C=O) groups is 5. The minimum atomic E-state index is -2.09. The maximum Gasteiger partial charge on any atom is 0.338 e. The van der Waals surface area contributed by atoms with Crippen molar-refractivity contribution < 1.29 is 77.0 Å². The zero-order valence-corrected chi connectivity index (χ0v) is 34.2. The van der Waals surface area contributed by atoms with Crippen LogP contribution in [0.15, 0.2) is 102 Å². The van der Waals surface area contributed by atoms with E-state index in [0.717, 1.165) is 6.21 Å². The number of carbonyl (C=O) groups excluding carboxylic acids is 5. The molecule has 4 N–H and O–H groups in total. The molecule has 332 valence electrons. The summed E-state index contributed by atoms with van der Waals surface area (Å²) in [5.74, 6) is -4.43. The Balaban J connectivity index is 0.000000331. The van der Waals surface area contributed by atoms with E-state index in [4.69, 9.17) is 39.4 Å². The number of rotatable bonds is 21. The lowest BCUT2D eigenvalue weighted by molar-refractivity contribution is -0.117. The van der Waals surface area contributed by atoms with Gasteiger partial charge in [0.15, 0.2) is 18.6 Å². The van der Waals surface area contributed by atoms with Crippen LogP contribution in [0.4, 0.5) is 8.78 Å². The lowest BCUT2D eigenvalue weighted by Gasteiger charge is -2.25. The Morgan fingerprint density at radius 1 is 0.532 bits per heavy atom. The van der Waals surface area contributed by atoms with Gasteiger partial charge in [-0.15, -0.1) is 0 Å². The van der Waals surface area contributed by atoms with Gasteiger partial charge in [0, 0.05) is 11.8 Å². The van der Waals surface area contributed by atoms with E-state index in [-0.39, 0.29) is 68.2 Å². The largest absolute Gasteiger partial charge is 0.462 e. The van der Waals surface area contributed by atoms with Crippen LogP contribution in [0.5, 0.6) is 0 Å². The van der Waals surface area contributed by atoms with Gasteiger partial charge in [0.1, 0.15) is 19.3 Å². The third-order valence-corrected chi connectivity index (χ3v) is 9.12. The fourth-order valence-corrected chi connectivity index (χ4v) is 5.41. The van der Waals surface area contributed by atoms with E-state index in [9.17, 15) is 32.8 Å². The summed E-state index contributed by atoms with van der Waals surface area (Å²) in [5, 5.41) is 39.6. The van der Waals surface area contributed by atoms with Crippen molar-refractivity contribution in [2.24, 2.45) is 17.0 Å². The van der Waals surface area contributed by atoms with Gasteiger partial charge in [-0.1, -0.05) is 67.5 Å². The van der Waals surface area contributed by atoms with Gasteiger partial charge in [-0.2, -0.15) is 0 Å². The molecule has 15 nitrogen and oxygen atoms in total.